The minimum Gasteiger partial charge on any atom is -0.870 e. The van der Waals surface area contributed by atoms with E-state index >= 15 is 0 Å². The van der Waals surface area contributed by atoms with Crippen LogP contribution >= 0.6 is 22.6 Å². The Hall–Kier alpha value is -7.35. The van der Waals surface area contributed by atoms with Crippen LogP contribution in [-0.4, -0.2) is 115 Å². The van der Waals surface area contributed by atoms with Gasteiger partial charge in [-0.3, -0.25) is 48.2 Å². The largest absolute Gasteiger partial charge is 1.00 e. The van der Waals surface area contributed by atoms with Crippen molar-refractivity contribution in [3.8, 4) is 34.4 Å². The van der Waals surface area contributed by atoms with E-state index in [1.54, 1.807) is 107 Å². The van der Waals surface area contributed by atoms with Crippen LogP contribution in [0.5, 0.6) is 0 Å². The molecule has 0 fully saturated rings. The van der Waals surface area contributed by atoms with E-state index in [-0.39, 0.29) is 141 Å². The van der Waals surface area contributed by atoms with Crippen molar-refractivity contribution in [1.82, 2.24) is 59.2 Å². The molecule has 0 unspecified atom stereocenters. The maximum absolute atomic E-state index is 12.2. The predicted octanol–water partition coefficient (Wildman–Crippen LogP) is 0.318. The minimum atomic E-state index is -1.24. The second-order valence-corrected chi connectivity index (χ2v) is 14.2. The first kappa shape index (κ1) is 66.7. The fourth-order valence-corrected chi connectivity index (χ4v) is 5.74. The van der Waals surface area contributed by atoms with Gasteiger partial charge in [0.05, 0.1) is 17.1 Å². The summed E-state index contributed by atoms with van der Waals surface area (Å²) in [6.07, 6.45) is 17.7. The fraction of sp³-hybridized carbons (Fsp3) is 0.130. The zero-order valence-corrected chi connectivity index (χ0v) is 47.5. The third-order valence-corrected chi connectivity index (χ3v) is 8.86. The Morgan fingerprint density at radius 2 is 0.855 bits per heavy atom. The van der Waals surface area contributed by atoms with E-state index in [2.05, 4.69) is 78.4 Å². The van der Waals surface area contributed by atoms with Gasteiger partial charge in [-0.25, -0.2) is 24.5 Å². The Labute approximate surface area is 500 Å². The molecule has 7 N–H and O–H groups in total. The van der Waals surface area contributed by atoms with E-state index in [1.807, 2.05) is 4.93 Å². The fourth-order valence-electron chi connectivity index (χ4n) is 5.74. The van der Waals surface area contributed by atoms with E-state index in [4.69, 9.17) is 29.2 Å². The number of aromatic nitrogens is 12. The summed E-state index contributed by atoms with van der Waals surface area (Å²) in [6, 6.07) is 10.2. The Kier molecular flexibility index (Phi) is 28.2. The topological polar surface area (TPSA) is 393 Å². The van der Waals surface area contributed by atoms with E-state index in [0.717, 1.165) is 6.26 Å². The van der Waals surface area contributed by atoms with Gasteiger partial charge in [0.15, 0.2) is 45.7 Å². The number of Topliss-reactive ketones (excluding diaryl/α,β-unsaturated/α-hetero) is 2. The molecule has 76 heavy (non-hydrogen) atoms. The average Bonchev–Trinajstić information content (AvgIpc) is 4.25. The second-order valence-electron chi connectivity index (χ2n) is 14.2. The zero-order valence-electron chi connectivity index (χ0n) is 42.2. The van der Waals surface area contributed by atoms with Crippen LogP contribution in [0.1, 0.15) is 76.8 Å². The molecule has 0 aliphatic heterocycles. The number of carbonyl (C=O) groups excluding carboxylic acids is 4. The van der Waals surface area contributed by atoms with Crippen LogP contribution in [0.25, 0.3) is 34.4 Å². The number of aryl methyl sites for hydroxylation is 3. The molecule has 0 aliphatic carbocycles. The molecule has 9 heterocycles. The number of hydrogen-bond acceptors (Lipinski definition) is 20. The molecule has 27 nitrogen and oxygen atoms in total. The summed E-state index contributed by atoms with van der Waals surface area (Å²) in [5.74, 6) is -2.89. The predicted molar refractivity (Wildman–Crippen MR) is 271 cm³/mol. The van der Waals surface area contributed by atoms with Crippen LogP contribution < -0.4 is 86.6 Å². The summed E-state index contributed by atoms with van der Waals surface area (Å²) in [7, 11) is 4.95. The molecule has 0 aromatic carbocycles. The number of nitrogens with one attached hydrogen (secondary N) is 2. The zero-order chi connectivity index (χ0) is 52.5. The number of ketones is 2. The number of oxazole rings is 3. The number of carboxylic acids is 2. The van der Waals surface area contributed by atoms with Gasteiger partial charge in [0.25, 0.3) is 11.8 Å². The number of nitrogens with zero attached hydrogens (tertiary/aromatic N) is 12. The first-order chi connectivity index (χ1) is 34.5. The van der Waals surface area contributed by atoms with Gasteiger partial charge in [-0.2, -0.15) is 15.3 Å². The first-order valence-corrected chi connectivity index (χ1v) is 22.6. The van der Waals surface area contributed by atoms with Crippen molar-refractivity contribution < 1.29 is 128 Å². The number of pyridine rings is 3. The van der Waals surface area contributed by atoms with Gasteiger partial charge in [-0.1, -0.05) is 22.6 Å². The van der Waals surface area contributed by atoms with Gasteiger partial charge in [0, 0.05) is 107 Å². The third kappa shape index (κ3) is 18.8. The number of nitrogen functional groups attached to an aromatic ring is 1. The molecule has 9 aromatic heterocycles. The molecule has 0 spiro atoms. The number of halogens is 1. The molecule has 0 saturated heterocycles. The molecule has 0 aliphatic rings. The number of anilines is 3. The Morgan fingerprint density at radius 3 is 1.16 bits per heavy atom. The number of nitrogens with two attached hydrogens (primary N) is 1. The van der Waals surface area contributed by atoms with Crippen LogP contribution in [-0.2, 0) is 21.1 Å². The molecule has 386 valence electrons. The van der Waals surface area contributed by atoms with Crippen molar-refractivity contribution in [2.24, 2.45) is 21.1 Å². The van der Waals surface area contributed by atoms with Gasteiger partial charge < -0.3 is 52.7 Å². The maximum atomic E-state index is 12.2. The van der Waals surface area contributed by atoms with Gasteiger partial charge >= 0.3 is 82.2 Å². The van der Waals surface area contributed by atoms with Crippen molar-refractivity contribution >= 4 is 75.0 Å². The second kappa shape index (κ2) is 32.2. The van der Waals surface area contributed by atoms with Crippen LogP contribution in [0.4, 0.5) is 17.1 Å². The van der Waals surface area contributed by atoms with Crippen molar-refractivity contribution in [2.75, 3.05) is 21.3 Å². The number of hydrogen-bond donors (Lipinski definition) is 5. The normalized spacial score (nSPS) is 9.57. The molecule has 0 bridgehead atoms. The third-order valence-electron chi connectivity index (χ3n) is 8.86. The van der Waals surface area contributed by atoms with E-state index in [9.17, 15) is 28.8 Å². The number of carbonyl (C=O) groups is 6. The molecule has 2 amide bonds. The molecule has 0 saturated carbocycles. The SMILES string of the molecule is CC(=O)c1nn(C)cc1N.CC(=O)c1nn(C)cc1NC(=O)c1coc(-c2ccncc2)n1.CI.Cn1cc(NC(=O)c2coc(-c3ccncc3)n2)c(C(=O)O)n1.O=C(O)c1coc(-c2ccncc2)n1.[CH3-].[K+].[Li+].[OH-]. The summed E-state index contributed by atoms with van der Waals surface area (Å²) < 4.78 is 19.8. The smallest absolute Gasteiger partial charge is 0.870 e. The molecular formula is C46H46IKLiN15O12. The van der Waals surface area contributed by atoms with Crippen LogP contribution in [0.3, 0.4) is 0 Å². The van der Waals surface area contributed by atoms with Crippen molar-refractivity contribution in [2.45, 2.75) is 13.8 Å². The quantitative estimate of drug-likeness (QED) is 0.0383. The van der Waals surface area contributed by atoms with Crippen LogP contribution in [0, 0.1) is 7.43 Å². The summed E-state index contributed by atoms with van der Waals surface area (Å²) in [5, 5.41) is 34.4. The number of carboxylic acid groups (broad SMARTS) is 2. The Bertz CT molecular complexity index is 3160. The summed E-state index contributed by atoms with van der Waals surface area (Å²) >= 11 is 2.15. The summed E-state index contributed by atoms with van der Waals surface area (Å²) in [5.41, 5.74) is 8.70. The standard InChI is InChI=1S/C15H13N5O3.C14H11N5O4.C9H6N2O3.C6H9N3O.CH3I.CH3.K.Li.H2O/c1-9(21)13-11(7-20(2)19-13)17-14(22)12-8-23-15(18-12)10-3-5-16-6-4-10;1-19-6-9(11(18-19)14(21)22)16-12(20)10-7-23-13(17-10)8-2-4-15-5-3-8;12-9(13)7-5-14-8(11-7)6-1-3-10-4-2-6;1-4(10)6-5(7)3-9(2)8-6;1-2;;;;/h3-8H,1-2H3,(H,17,22);2-7H,1H3,(H,16,20)(H,21,22);1-5H,(H,12,13);3H,7H2,1-2H3;1H3;1H3;;;1H2/q;;;;;-1;2*+1;/p-1. The summed E-state index contributed by atoms with van der Waals surface area (Å²) in [6.45, 7) is 2.83. The summed E-state index contributed by atoms with van der Waals surface area (Å²) in [4.78, 5) is 93.8. The van der Waals surface area contributed by atoms with Gasteiger partial charge in [-0.15, -0.1) is 0 Å². The van der Waals surface area contributed by atoms with Crippen LogP contribution in [0.2, 0.25) is 0 Å². The molecule has 0 atom stereocenters. The van der Waals surface area contributed by atoms with Gasteiger partial charge in [0.2, 0.25) is 17.7 Å². The van der Waals surface area contributed by atoms with E-state index in [0.29, 0.717) is 39.6 Å². The number of rotatable bonds is 11. The molecule has 9 aromatic rings. The molecule has 30 heteroatoms. The van der Waals surface area contributed by atoms with Gasteiger partial charge in [0.1, 0.15) is 18.8 Å². The van der Waals surface area contributed by atoms with E-state index < -0.39 is 23.8 Å². The van der Waals surface area contributed by atoms with Crippen molar-refractivity contribution in [1.29, 1.82) is 0 Å². The number of aromatic carboxylic acids is 2. The number of alkyl halides is 1. The van der Waals surface area contributed by atoms with E-state index in [1.165, 1.54) is 46.6 Å². The van der Waals surface area contributed by atoms with Gasteiger partial charge in [-0.05, 0) is 41.3 Å². The van der Waals surface area contributed by atoms with Crippen molar-refractivity contribution in [3.63, 3.8) is 0 Å². The van der Waals surface area contributed by atoms with Crippen LogP contribution in [0.15, 0.2) is 124 Å². The Balaban J connectivity index is 0.000000513. The number of amides is 2. The monoisotopic (exact) mass is 1170 g/mol. The first-order valence-electron chi connectivity index (χ1n) is 20.4. The maximum Gasteiger partial charge on any atom is 1.00 e. The minimum absolute atomic E-state index is 0. The van der Waals surface area contributed by atoms with Crippen molar-refractivity contribution in [3.05, 3.63) is 153 Å². The molecule has 0 radical (unpaired) electrons. The average molecular weight is 1170 g/mol. The molecule has 9 rings (SSSR count). The Morgan fingerprint density at radius 1 is 0.539 bits per heavy atom. The molecular weight excluding hydrogens is 1130 g/mol.